The van der Waals surface area contributed by atoms with Crippen molar-refractivity contribution in [2.45, 2.75) is 51.4 Å². The van der Waals surface area contributed by atoms with Crippen molar-refractivity contribution in [3.8, 4) is 0 Å². The fourth-order valence-corrected chi connectivity index (χ4v) is 5.50. The quantitative estimate of drug-likeness (QED) is 0.600. The van der Waals surface area contributed by atoms with Crippen LogP contribution in [-0.2, 0) is 4.79 Å². The van der Waals surface area contributed by atoms with Crippen molar-refractivity contribution in [1.29, 1.82) is 0 Å². The molecule has 0 N–H and O–H groups in total. The van der Waals surface area contributed by atoms with Crippen LogP contribution in [-0.4, -0.2) is 54.2 Å². The van der Waals surface area contributed by atoms with Crippen molar-refractivity contribution in [2.75, 3.05) is 32.7 Å². The van der Waals surface area contributed by atoms with Gasteiger partial charge >= 0.3 is 0 Å². The molecule has 4 rings (SSSR count). The van der Waals surface area contributed by atoms with Crippen LogP contribution in [0.1, 0.15) is 61.7 Å². The molecule has 0 radical (unpaired) electrons. The molecule has 4 nitrogen and oxygen atoms in total. The highest BCUT2D eigenvalue weighted by Gasteiger charge is 2.44. The molecule has 3 aliphatic rings. The van der Waals surface area contributed by atoms with Crippen LogP contribution in [0.2, 0.25) is 0 Å². The highest BCUT2D eigenvalue weighted by Crippen LogP contribution is 2.40. The van der Waals surface area contributed by atoms with E-state index >= 15 is 0 Å². The van der Waals surface area contributed by atoms with Gasteiger partial charge in [0, 0.05) is 37.2 Å². The van der Waals surface area contributed by atoms with Crippen molar-refractivity contribution >= 4 is 11.7 Å². The number of Topliss-reactive ketones (excluding diaryl/α,β-unsaturated/α-hetero) is 1. The van der Waals surface area contributed by atoms with Crippen molar-refractivity contribution in [3.63, 3.8) is 0 Å². The fourth-order valence-electron chi connectivity index (χ4n) is 5.50. The van der Waals surface area contributed by atoms with E-state index in [4.69, 9.17) is 0 Å². The molecule has 146 valence electrons. The molecule has 1 aliphatic carbocycles. The van der Waals surface area contributed by atoms with Gasteiger partial charge in [-0.25, -0.2) is 0 Å². The smallest absolute Gasteiger partial charge is 0.294 e. The van der Waals surface area contributed by atoms with Gasteiger partial charge in [0.25, 0.3) is 5.91 Å². The summed E-state index contributed by atoms with van der Waals surface area (Å²) in [5.74, 6) is 0.192. The predicted octanol–water partition coefficient (Wildman–Crippen LogP) is 3.76. The van der Waals surface area contributed by atoms with E-state index in [1.807, 2.05) is 23.1 Å². The number of ketones is 1. The van der Waals surface area contributed by atoms with Crippen molar-refractivity contribution in [3.05, 3.63) is 35.9 Å². The maximum Gasteiger partial charge on any atom is 0.294 e. The first-order chi connectivity index (χ1) is 13.2. The Labute approximate surface area is 162 Å². The minimum Gasteiger partial charge on any atom is -0.335 e. The molecule has 1 atom stereocenters. The van der Waals surface area contributed by atoms with Crippen molar-refractivity contribution in [2.24, 2.45) is 11.3 Å². The van der Waals surface area contributed by atoms with Crippen LogP contribution < -0.4 is 0 Å². The van der Waals surface area contributed by atoms with Crippen LogP contribution in [0.15, 0.2) is 30.3 Å². The molecule has 0 bridgehead atoms. The van der Waals surface area contributed by atoms with Gasteiger partial charge in [-0.1, -0.05) is 49.6 Å². The fraction of sp³-hybridized carbons (Fsp3) is 0.652. The molecule has 2 aliphatic heterocycles. The molecule has 1 aromatic carbocycles. The Hall–Kier alpha value is -1.68. The second-order valence-electron chi connectivity index (χ2n) is 9.01. The van der Waals surface area contributed by atoms with Crippen LogP contribution in [0.25, 0.3) is 0 Å². The molecular weight excluding hydrogens is 336 g/mol. The van der Waals surface area contributed by atoms with Gasteiger partial charge in [-0.05, 0) is 44.6 Å². The number of amides is 1. The minimum atomic E-state index is -0.359. The number of piperidine rings is 1. The Balaban J connectivity index is 1.36. The molecule has 1 spiro atoms. The predicted molar refractivity (Wildman–Crippen MR) is 107 cm³/mol. The topological polar surface area (TPSA) is 40.6 Å². The van der Waals surface area contributed by atoms with E-state index in [0.717, 1.165) is 32.0 Å². The van der Waals surface area contributed by atoms with Gasteiger partial charge in [0.05, 0.1) is 0 Å². The number of benzene rings is 1. The van der Waals surface area contributed by atoms with Crippen LogP contribution in [0.3, 0.4) is 0 Å². The molecule has 1 amide bonds. The number of hydrogen-bond donors (Lipinski definition) is 0. The van der Waals surface area contributed by atoms with Gasteiger partial charge < -0.3 is 9.80 Å². The average molecular weight is 369 g/mol. The molecular formula is C23H32N2O2. The monoisotopic (exact) mass is 368 g/mol. The Kier molecular flexibility index (Phi) is 5.63. The summed E-state index contributed by atoms with van der Waals surface area (Å²) in [7, 11) is 0. The third-order valence-corrected chi connectivity index (χ3v) is 6.94. The van der Waals surface area contributed by atoms with Crippen LogP contribution in [0.5, 0.6) is 0 Å². The van der Waals surface area contributed by atoms with E-state index in [2.05, 4.69) is 4.90 Å². The average Bonchev–Trinajstić information content (AvgIpc) is 3.11. The van der Waals surface area contributed by atoms with Crippen LogP contribution >= 0.6 is 0 Å². The molecule has 1 unspecified atom stereocenters. The molecule has 0 aromatic heterocycles. The normalized spacial score (nSPS) is 27.2. The Bertz CT molecular complexity index is 668. The number of carbonyl (C=O) groups is 2. The van der Waals surface area contributed by atoms with Gasteiger partial charge in [-0.2, -0.15) is 0 Å². The van der Waals surface area contributed by atoms with Gasteiger partial charge in [-0.15, -0.1) is 0 Å². The Morgan fingerprint density at radius 3 is 2.48 bits per heavy atom. The van der Waals surface area contributed by atoms with Crippen molar-refractivity contribution in [1.82, 2.24) is 9.80 Å². The number of nitrogens with zero attached hydrogens (tertiary/aromatic N) is 2. The third-order valence-electron chi connectivity index (χ3n) is 6.94. The van der Waals surface area contributed by atoms with E-state index in [0.29, 0.717) is 5.56 Å². The molecule has 2 heterocycles. The van der Waals surface area contributed by atoms with Gasteiger partial charge in [-0.3, -0.25) is 9.59 Å². The largest absolute Gasteiger partial charge is 0.335 e. The second-order valence-corrected chi connectivity index (χ2v) is 9.01. The number of hydrogen-bond acceptors (Lipinski definition) is 3. The van der Waals surface area contributed by atoms with Crippen molar-refractivity contribution < 1.29 is 9.59 Å². The summed E-state index contributed by atoms with van der Waals surface area (Å²) in [6, 6.07) is 8.97. The molecule has 4 heteroatoms. The van der Waals surface area contributed by atoms with Gasteiger partial charge in [0.1, 0.15) is 0 Å². The summed E-state index contributed by atoms with van der Waals surface area (Å²) in [6.45, 7) is 5.03. The zero-order valence-electron chi connectivity index (χ0n) is 16.4. The molecule has 3 fully saturated rings. The summed E-state index contributed by atoms with van der Waals surface area (Å²) in [5.41, 5.74) is 0.713. The lowest BCUT2D eigenvalue weighted by Gasteiger charge is -2.42. The van der Waals surface area contributed by atoms with E-state index in [9.17, 15) is 9.59 Å². The number of likely N-dealkylation sites (tertiary alicyclic amines) is 2. The maximum absolute atomic E-state index is 12.7. The first-order valence-corrected chi connectivity index (χ1v) is 10.8. The van der Waals surface area contributed by atoms with Gasteiger partial charge in [0.15, 0.2) is 0 Å². The van der Waals surface area contributed by atoms with E-state index in [1.54, 1.807) is 12.1 Å². The second kappa shape index (κ2) is 8.14. The summed E-state index contributed by atoms with van der Waals surface area (Å²) in [6.07, 6.45) is 10.4. The Morgan fingerprint density at radius 2 is 1.70 bits per heavy atom. The third kappa shape index (κ3) is 4.26. The first kappa shape index (κ1) is 18.7. The SMILES string of the molecule is O=C(C(=O)N1CCC2(CCCN(CC3CCCCC3)C2)C1)c1ccccc1. The Morgan fingerprint density at radius 1 is 0.926 bits per heavy atom. The zero-order valence-corrected chi connectivity index (χ0v) is 16.4. The summed E-state index contributed by atoms with van der Waals surface area (Å²) < 4.78 is 0. The minimum absolute atomic E-state index is 0.208. The zero-order chi connectivity index (χ0) is 18.7. The summed E-state index contributed by atoms with van der Waals surface area (Å²) in [5, 5.41) is 0. The first-order valence-electron chi connectivity index (χ1n) is 10.8. The van der Waals surface area contributed by atoms with Crippen LogP contribution in [0, 0.1) is 11.3 Å². The highest BCUT2D eigenvalue weighted by molar-refractivity contribution is 6.42. The van der Waals surface area contributed by atoms with E-state index < -0.39 is 0 Å². The standard InChI is InChI=1S/C23H32N2O2/c26-21(20-10-5-2-6-11-20)22(27)25-15-13-23(18-25)12-7-14-24(17-23)16-19-8-3-1-4-9-19/h2,5-6,10-11,19H,1,3-4,7-9,12-18H2. The van der Waals surface area contributed by atoms with Gasteiger partial charge in [0.2, 0.25) is 5.78 Å². The highest BCUT2D eigenvalue weighted by atomic mass is 16.2. The maximum atomic E-state index is 12.7. The summed E-state index contributed by atoms with van der Waals surface area (Å²) in [4.78, 5) is 29.7. The van der Waals surface area contributed by atoms with E-state index in [1.165, 1.54) is 58.0 Å². The van der Waals surface area contributed by atoms with E-state index in [-0.39, 0.29) is 17.1 Å². The number of carbonyl (C=O) groups excluding carboxylic acids is 2. The number of rotatable bonds is 4. The lowest BCUT2D eigenvalue weighted by molar-refractivity contribution is -0.126. The molecule has 27 heavy (non-hydrogen) atoms. The lowest BCUT2D eigenvalue weighted by atomic mass is 9.78. The summed E-state index contributed by atoms with van der Waals surface area (Å²) >= 11 is 0. The molecule has 1 aromatic rings. The van der Waals surface area contributed by atoms with Crippen LogP contribution in [0.4, 0.5) is 0 Å². The molecule has 1 saturated carbocycles. The molecule has 2 saturated heterocycles. The lowest BCUT2D eigenvalue weighted by Crippen LogP contribution is -2.47.